The highest BCUT2D eigenvalue weighted by atomic mass is 16.5. The molecule has 2 rings (SSSR count). The van der Waals surface area contributed by atoms with E-state index in [4.69, 9.17) is 15.2 Å². The highest BCUT2D eigenvalue weighted by Crippen LogP contribution is 2.28. The molecule has 5 nitrogen and oxygen atoms in total. The van der Waals surface area contributed by atoms with Gasteiger partial charge in [-0.1, -0.05) is 31.2 Å². The van der Waals surface area contributed by atoms with E-state index in [1.807, 2.05) is 18.2 Å². The smallest absolute Gasteiger partial charge is 0.193 e. The lowest BCUT2D eigenvalue weighted by Gasteiger charge is -2.12. The fraction of sp³-hybridized carbons (Fsp3) is 0.316. The van der Waals surface area contributed by atoms with E-state index in [9.17, 15) is 0 Å². The molecule has 0 atom stereocenters. The Hall–Kier alpha value is -2.69. The molecule has 0 aliphatic carbocycles. The van der Waals surface area contributed by atoms with Gasteiger partial charge in [0.1, 0.15) is 11.5 Å². The third kappa shape index (κ3) is 4.91. The van der Waals surface area contributed by atoms with Crippen LogP contribution in [0.4, 0.5) is 5.69 Å². The minimum absolute atomic E-state index is 0.353. The second-order valence-corrected chi connectivity index (χ2v) is 5.38. The van der Waals surface area contributed by atoms with Crippen LogP contribution in [0.1, 0.15) is 18.1 Å². The van der Waals surface area contributed by atoms with Crippen molar-refractivity contribution in [3.8, 4) is 11.5 Å². The van der Waals surface area contributed by atoms with Crippen molar-refractivity contribution in [1.29, 1.82) is 0 Å². The van der Waals surface area contributed by atoms with Gasteiger partial charge < -0.3 is 20.5 Å². The van der Waals surface area contributed by atoms with Gasteiger partial charge in [0.05, 0.1) is 19.9 Å². The van der Waals surface area contributed by atoms with E-state index in [1.165, 1.54) is 11.1 Å². The average Bonchev–Trinajstić information content (AvgIpc) is 2.62. The Morgan fingerprint density at radius 2 is 1.75 bits per heavy atom. The number of hydrogen-bond donors (Lipinski definition) is 2. The first kappa shape index (κ1) is 17.7. The maximum atomic E-state index is 5.97. The number of anilines is 1. The van der Waals surface area contributed by atoms with Crippen molar-refractivity contribution in [2.75, 3.05) is 26.1 Å². The first-order valence-corrected chi connectivity index (χ1v) is 8.03. The molecule has 5 heteroatoms. The highest BCUT2D eigenvalue weighted by molar-refractivity contribution is 5.94. The van der Waals surface area contributed by atoms with Crippen molar-refractivity contribution in [3.63, 3.8) is 0 Å². The van der Waals surface area contributed by atoms with Gasteiger partial charge in [0, 0.05) is 12.6 Å². The molecule has 24 heavy (non-hydrogen) atoms. The van der Waals surface area contributed by atoms with Crippen LogP contribution in [0.5, 0.6) is 11.5 Å². The summed E-state index contributed by atoms with van der Waals surface area (Å²) in [5.41, 5.74) is 9.29. The van der Waals surface area contributed by atoms with E-state index in [0.717, 1.165) is 24.3 Å². The highest BCUT2D eigenvalue weighted by Gasteiger charge is 2.06. The Balaban J connectivity index is 1.96. The van der Waals surface area contributed by atoms with Gasteiger partial charge in [-0.2, -0.15) is 0 Å². The van der Waals surface area contributed by atoms with Crippen LogP contribution in [0.3, 0.4) is 0 Å². The van der Waals surface area contributed by atoms with Crippen molar-refractivity contribution >= 4 is 11.6 Å². The Morgan fingerprint density at radius 1 is 1.04 bits per heavy atom. The molecule has 0 unspecified atom stereocenters. The summed E-state index contributed by atoms with van der Waals surface area (Å²) in [5, 5.41) is 3.06. The standard InChI is InChI=1S/C19H25N3O2/c1-4-14-5-7-15(8-6-14)11-12-21-19(20)22-17-13-16(23-2)9-10-18(17)24-3/h5-10,13H,4,11-12H2,1-3H3,(H3,20,21,22). The summed E-state index contributed by atoms with van der Waals surface area (Å²) in [4.78, 5) is 4.38. The van der Waals surface area contributed by atoms with Crippen molar-refractivity contribution in [3.05, 3.63) is 53.6 Å². The second kappa shape index (κ2) is 8.82. The van der Waals surface area contributed by atoms with Gasteiger partial charge >= 0.3 is 0 Å². The molecule has 0 aliphatic heterocycles. The van der Waals surface area contributed by atoms with E-state index in [-0.39, 0.29) is 0 Å². The topological polar surface area (TPSA) is 68.9 Å². The zero-order valence-electron chi connectivity index (χ0n) is 14.5. The summed E-state index contributed by atoms with van der Waals surface area (Å²) < 4.78 is 10.5. The lowest BCUT2D eigenvalue weighted by Crippen LogP contribution is -2.23. The van der Waals surface area contributed by atoms with E-state index in [1.54, 1.807) is 14.2 Å². The average molecular weight is 327 g/mol. The van der Waals surface area contributed by atoms with Crippen LogP contribution in [0.15, 0.2) is 47.5 Å². The second-order valence-electron chi connectivity index (χ2n) is 5.38. The molecule has 0 fully saturated rings. The monoisotopic (exact) mass is 327 g/mol. The minimum atomic E-state index is 0.353. The van der Waals surface area contributed by atoms with Crippen LogP contribution in [-0.2, 0) is 12.8 Å². The number of nitrogens with zero attached hydrogens (tertiary/aromatic N) is 1. The van der Waals surface area contributed by atoms with Crippen LogP contribution < -0.4 is 20.5 Å². The fourth-order valence-corrected chi connectivity index (χ4v) is 2.34. The summed E-state index contributed by atoms with van der Waals surface area (Å²) in [5.74, 6) is 1.76. The maximum Gasteiger partial charge on any atom is 0.193 e. The third-order valence-electron chi connectivity index (χ3n) is 3.78. The normalized spacial score (nSPS) is 11.2. The number of nitrogens with two attached hydrogens (primary N) is 1. The summed E-state index contributed by atoms with van der Waals surface area (Å²) >= 11 is 0. The molecular weight excluding hydrogens is 302 g/mol. The summed E-state index contributed by atoms with van der Waals surface area (Å²) in [6, 6.07) is 14.1. The number of methoxy groups -OCH3 is 2. The zero-order chi connectivity index (χ0) is 17.4. The first-order valence-electron chi connectivity index (χ1n) is 8.03. The van der Waals surface area contributed by atoms with E-state index in [2.05, 4.69) is 41.5 Å². The van der Waals surface area contributed by atoms with Crippen molar-refractivity contribution in [1.82, 2.24) is 0 Å². The molecule has 128 valence electrons. The molecule has 0 spiro atoms. The fourth-order valence-electron chi connectivity index (χ4n) is 2.34. The van der Waals surface area contributed by atoms with Crippen molar-refractivity contribution in [2.24, 2.45) is 10.7 Å². The van der Waals surface area contributed by atoms with Gasteiger partial charge in [-0.05, 0) is 36.1 Å². The molecule has 0 radical (unpaired) electrons. The molecule has 3 N–H and O–H groups in total. The van der Waals surface area contributed by atoms with Crippen LogP contribution in [0.2, 0.25) is 0 Å². The summed E-state index contributed by atoms with van der Waals surface area (Å²) in [6.45, 7) is 2.77. The number of aryl methyl sites for hydroxylation is 1. The predicted molar refractivity (Wildman–Crippen MR) is 99.2 cm³/mol. The molecular formula is C19H25N3O2. The van der Waals surface area contributed by atoms with Crippen LogP contribution in [-0.4, -0.2) is 26.7 Å². The molecule has 0 saturated heterocycles. The molecule has 0 aliphatic rings. The van der Waals surface area contributed by atoms with E-state index >= 15 is 0 Å². The van der Waals surface area contributed by atoms with E-state index in [0.29, 0.717) is 18.3 Å². The van der Waals surface area contributed by atoms with Crippen LogP contribution in [0.25, 0.3) is 0 Å². The van der Waals surface area contributed by atoms with Gasteiger partial charge in [-0.15, -0.1) is 0 Å². The van der Waals surface area contributed by atoms with Gasteiger partial charge in [0.2, 0.25) is 0 Å². The SMILES string of the molecule is CCc1ccc(CCN=C(N)Nc2cc(OC)ccc2OC)cc1. The van der Waals surface area contributed by atoms with Crippen molar-refractivity contribution < 1.29 is 9.47 Å². The molecule has 0 bridgehead atoms. The number of aliphatic imine (C=N–C) groups is 1. The third-order valence-corrected chi connectivity index (χ3v) is 3.78. The number of rotatable bonds is 7. The molecule has 2 aromatic carbocycles. The van der Waals surface area contributed by atoms with Gasteiger partial charge in [-0.25, -0.2) is 0 Å². The summed E-state index contributed by atoms with van der Waals surface area (Å²) in [6.07, 6.45) is 1.90. The number of hydrogen-bond acceptors (Lipinski definition) is 3. The van der Waals surface area contributed by atoms with Crippen molar-refractivity contribution in [2.45, 2.75) is 19.8 Å². The van der Waals surface area contributed by atoms with E-state index < -0.39 is 0 Å². The minimum Gasteiger partial charge on any atom is -0.497 e. The molecule has 0 saturated carbocycles. The van der Waals surface area contributed by atoms with Crippen LogP contribution >= 0.6 is 0 Å². The van der Waals surface area contributed by atoms with Gasteiger partial charge in [0.15, 0.2) is 5.96 Å². The predicted octanol–water partition coefficient (Wildman–Crippen LogP) is 3.24. The molecule has 2 aromatic rings. The molecule has 0 amide bonds. The first-order chi connectivity index (χ1) is 11.7. The van der Waals surface area contributed by atoms with Gasteiger partial charge in [0.25, 0.3) is 0 Å². The maximum absolute atomic E-state index is 5.97. The number of benzene rings is 2. The number of nitrogens with one attached hydrogen (secondary N) is 1. The number of guanidine groups is 1. The van der Waals surface area contributed by atoms with Crippen LogP contribution in [0, 0.1) is 0 Å². The Morgan fingerprint density at radius 3 is 2.38 bits per heavy atom. The Bertz CT molecular complexity index is 682. The quantitative estimate of drug-likeness (QED) is 0.605. The number of ether oxygens (including phenoxy) is 2. The Labute approximate surface area is 143 Å². The molecule has 0 aromatic heterocycles. The Kier molecular flexibility index (Phi) is 6.49. The lowest BCUT2D eigenvalue weighted by molar-refractivity contribution is 0.405. The zero-order valence-corrected chi connectivity index (χ0v) is 14.5. The lowest BCUT2D eigenvalue weighted by atomic mass is 10.1. The summed E-state index contributed by atoms with van der Waals surface area (Å²) in [7, 11) is 3.23. The largest absolute Gasteiger partial charge is 0.497 e. The molecule has 0 heterocycles. The van der Waals surface area contributed by atoms with Gasteiger partial charge in [-0.3, -0.25) is 4.99 Å².